The first-order chi connectivity index (χ1) is 6.91. The molecule has 0 aliphatic rings. The standard InChI is InChI=1S/C10H11F3NO/c1-14(2)5-9(15)6-3-7(11)10(13)8(12)4-6/h3-4,9,15H,1,5H2,2H3. The normalized spacial score (nSPS) is 13.3. The Labute approximate surface area is 85.9 Å². The van der Waals surface area contributed by atoms with Gasteiger partial charge in [0.15, 0.2) is 17.5 Å². The van der Waals surface area contributed by atoms with Crippen LogP contribution in [0.2, 0.25) is 0 Å². The number of aliphatic hydroxyl groups excluding tert-OH is 1. The second-order valence-corrected chi connectivity index (χ2v) is 3.35. The van der Waals surface area contributed by atoms with Crippen LogP contribution in [0.4, 0.5) is 13.2 Å². The summed E-state index contributed by atoms with van der Waals surface area (Å²) in [4.78, 5) is 1.41. The molecule has 1 radical (unpaired) electrons. The quantitative estimate of drug-likeness (QED) is 0.783. The van der Waals surface area contributed by atoms with Gasteiger partial charge in [-0.3, -0.25) is 0 Å². The van der Waals surface area contributed by atoms with E-state index in [2.05, 4.69) is 7.05 Å². The molecule has 0 saturated carbocycles. The molecule has 1 rings (SSSR count). The minimum Gasteiger partial charge on any atom is -0.387 e. The first-order valence-corrected chi connectivity index (χ1v) is 4.26. The molecule has 5 heteroatoms. The summed E-state index contributed by atoms with van der Waals surface area (Å²) in [5.41, 5.74) is -0.0121. The molecule has 0 saturated heterocycles. The molecule has 83 valence electrons. The smallest absolute Gasteiger partial charge is 0.194 e. The van der Waals surface area contributed by atoms with Gasteiger partial charge in [-0.25, -0.2) is 13.2 Å². The van der Waals surface area contributed by atoms with Gasteiger partial charge in [0.25, 0.3) is 0 Å². The molecule has 0 aliphatic heterocycles. The maximum atomic E-state index is 12.8. The van der Waals surface area contributed by atoms with Crippen molar-refractivity contribution in [3.63, 3.8) is 0 Å². The Balaban J connectivity index is 2.95. The molecular weight excluding hydrogens is 207 g/mol. The van der Waals surface area contributed by atoms with E-state index in [0.717, 1.165) is 12.1 Å². The number of hydrogen-bond donors (Lipinski definition) is 1. The number of rotatable bonds is 3. The number of aliphatic hydroxyl groups is 1. The predicted molar refractivity (Wildman–Crippen MR) is 49.3 cm³/mol. The Morgan fingerprint density at radius 1 is 1.33 bits per heavy atom. The van der Waals surface area contributed by atoms with E-state index in [1.54, 1.807) is 7.05 Å². The number of hydrogen-bond acceptors (Lipinski definition) is 2. The van der Waals surface area contributed by atoms with E-state index in [9.17, 15) is 18.3 Å². The van der Waals surface area contributed by atoms with Crippen LogP contribution in [0.15, 0.2) is 12.1 Å². The summed E-state index contributed by atoms with van der Waals surface area (Å²) < 4.78 is 38.1. The molecule has 1 N–H and O–H groups in total. The van der Waals surface area contributed by atoms with E-state index in [1.807, 2.05) is 0 Å². The highest BCUT2D eigenvalue weighted by atomic mass is 19.2. The lowest BCUT2D eigenvalue weighted by Crippen LogP contribution is -2.18. The van der Waals surface area contributed by atoms with Crippen molar-refractivity contribution in [2.75, 3.05) is 13.6 Å². The molecule has 0 aromatic heterocycles. The van der Waals surface area contributed by atoms with Crippen molar-refractivity contribution in [3.05, 3.63) is 42.2 Å². The number of halogens is 3. The zero-order valence-electron chi connectivity index (χ0n) is 8.17. The van der Waals surface area contributed by atoms with E-state index < -0.39 is 23.6 Å². The maximum absolute atomic E-state index is 12.8. The first kappa shape index (κ1) is 12.0. The van der Waals surface area contributed by atoms with E-state index in [1.165, 1.54) is 4.90 Å². The van der Waals surface area contributed by atoms with Crippen molar-refractivity contribution in [3.8, 4) is 0 Å². The van der Waals surface area contributed by atoms with Crippen LogP contribution in [0.5, 0.6) is 0 Å². The van der Waals surface area contributed by atoms with Crippen LogP contribution < -0.4 is 0 Å². The van der Waals surface area contributed by atoms with E-state index >= 15 is 0 Å². The summed E-state index contributed by atoms with van der Waals surface area (Å²) in [6, 6.07) is 1.54. The largest absolute Gasteiger partial charge is 0.387 e. The summed E-state index contributed by atoms with van der Waals surface area (Å²) in [5, 5.41) is 9.49. The van der Waals surface area contributed by atoms with Crippen LogP contribution >= 0.6 is 0 Å². The van der Waals surface area contributed by atoms with Crippen molar-refractivity contribution < 1.29 is 18.3 Å². The van der Waals surface area contributed by atoms with Crippen LogP contribution in [0.25, 0.3) is 0 Å². The minimum absolute atomic E-state index is 0.0121. The van der Waals surface area contributed by atoms with Crippen LogP contribution in [-0.4, -0.2) is 23.6 Å². The second-order valence-electron chi connectivity index (χ2n) is 3.35. The number of likely N-dealkylation sites (N-methyl/N-ethyl adjacent to an activating group) is 1. The lowest BCUT2D eigenvalue weighted by atomic mass is 10.1. The molecule has 1 atom stereocenters. The Morgan fingerprint density at radius 3 is 2.20 bits per heavy atom. The molecule has 15 heavy (non-hydrogen) atoms. The molecule has 2 nitrogen and oxygen atoms in total. The van der Waals surface area contributed by atoms with E-state index in [-0.39, 0.29) is 12.1 Å². The molecule has 1 aromatic rings. The summed E-state index contributed by atoms with van der Waals surface area (Å²) in [7, 11) is 5.07. The monoisotopic (exact) mass is 218 g/mol. The third-order valence-electron chi connectivity index (χ3n) is 1.88. The van der Waals surface area contributed by atoms with Crippen LogP contribution in [-0.2, 0) is 0 Å². The summed E-state index contributed by atoms with van der Waals surface area (Å²) in [6.45, 7) is 0.102. The molecule has 1 unspecified atom stereocenters. The third kappa shape index (κ3) is 2.94. The van der Waals surface area contributed by atoms with Crippen molar-refractivity contribution in [1.29, 1.82) is 0 Å². The van der Waals surface area contributed by atoms with Crippen LogP contribution in [0.1, 0.15) is 11.7 Å². The average Bonchev–Trinajstić information content (AvgIpc) is 2.12. The van der Waals surface area contributed by atoms with E-state index in [4.69, 9.17) is 0 Å². The molecule has 1 aromatic carbocycles. The van der Waals surface area contributed by atoms with Gasteiger partial charge in [0, 0.05) is 13.6 Å². The molecule has 0 amide bonds. The zero-order chi connectivity index (χ0) is 11.6. The van der Waals surface area contributed by atoms with Gasteiger partial charge < -0.3 is 10.0 Å². The molecular formula is C10H11F3NO. The maximum Gasteiger partial charge on any atom is 0.194 e. The van der Waals surface area contributed by atoms with Crippen molar-refractivity contribution in [1.82, 2.24) is 4.90 Å². The van der Waals surface area contributed by atoms with Gasteiger partial charge >= 0.3 is 0 Å². The highest BCUT2D eigenvalue weighted by Crippen LogP contribution is 2.19. The van der Waals surface area contributed by atoms with Crippen molar-refractivity contribution >= 4 is 0 Å². The van der Waals surface area contributed by atoms with Crippen molar-refractivity contribution in [2.24, 2.45) is 0 Å². The number of benzene rings is 1. The fraction of sp³-hybridized carbons (Fsp3) is 0.300. The minimum atomic E-state index is -1.53. The Bertz CT molecular complexity index is 332. The van der Waals surface area contributed by atoms with Crippen molar-refractivity contribution in [2.45, 2.75) is 6.10 Å². The highest BCUT2D eigenvalue weighted by molar-refractivity contribution is 5.21. The van der Waals surface area contributed by atoms with Crippen LogP contribution in [0, 0.1) is 24.5 Å². The topological polar surface area (TPSA) is 23.5 Å². The van der Waals surface area contributed by atoms with E-state index in [0.29, 0.717) is 0 Å². The molecule has 0 aliphatic carbocycles. The SMILES string of the molecule is [CH2]N(C)CC(O)c1cc(F)c(F)c(F)c1. The summed E-state index contributed by atoms with van der Waals surface area (Å²) in [6.07, 6.45) is -1.10. The van der Waals surface area contributed by atoms with Gasteiger partial charge in [0.05, 0.1) is 6.10 Å². The lowest BCUT2D eigenvalue weighted by Gasteiger charge is -2.16. The zero-order valence-corrected chi connectivity index (χ0v) is 8.17. The summed E-state index contributed by atoms with van der Waals surface area (Å²) in [5.74, 6) is -4.15. The molecule has 0 bridgehead atoms. The Hall–Kier alpha value is -1.07. The molecule has 0 fully saturated rings. The lowest BCUT2D eigenvalue weighted by molar-refractivity contribution is 0.143. The molecule has 0 spiro atoms. The molecule has 0 heterocycles. The average molecular weight is 218 g/mol. The van der Waals surface area contributed by atoms with Gasteiger partial charge in [-0.05, 0) is 24.7 Å². The Kier molecular flexibility index (Phi) is 3.71. The van der Waals surface area contributed by atoms with Gasteiger partial charge in [-0.15, -0.1) is 0 Å². The third-order valence-corrected chi connectivity index (χ3v) is 1.88. The van der Waals surface area contributed by atoms with Gasteiger partial charge in [0.1, 0.15) is 0 Å². The fourth-order valence-electron chi connectivity index (χ4n) is 1.17. The fourth-order valence-corrected chi connectivity index (χ4v) is 1.17. The highest BCUT2D eigenvalue weighted by Gasteiger charge is 2.15. The predicted octanol–water partition coefficient (Wildman–Crippen LogP) is 1.86. The van der Waals surface area contributed by atoms with Gasteiger partial charge in [-0.2, -0.15) is 0 Å². The van der Waals surface area contributed by atoms with Gasteiger partial charge in [-0.1, -0.05) is 0 Å². The number of nitrogens with zero attached hydrogens (tertiary/aromatic N) is 1. The first-order valence-electron chi connectivity index (χ1n) is 4.26. The van der Waals surface area contributed by atoms with Gasteiger partial charge in [0.2, 0.25) is 0 Å². The Morgan fingerprint density at radius 2 is 1.80 bits per heavy atom. The summed E-state index contributed by atoms with van der Waals surface area (Å²) >= 11 is 0. The second kappa shape index (κ2) is 4.63. The van der Waals surface area contributed by atoms with Crippen LogP contribution in [0.3, 0.4) is 0 Å².